The van der Waals surface area contributed by atoms with Gasteiger partial charge in [-0.05, 0) is 29.8 Å². The maximum atomic E-state index is 12.9. The Kier molecular flexibility index (Phi) is 5.64. The zero-order valence-electron chi connectivity index (χ0n) is 15.9. The number of hydrogen-bond acceptors (Lipinski definition) is 9. The highest BCUT2D eigenvalue weighted by Crippen LogP contribution is 2.28. The summed E-state index contributed by atoms with van der Waals surface area (Å²) in [5.41, 5.74) is 0.309. The van der Waals surface area contributed by atoms with Crippen LogP contribution in [0.15, 0.2) is 23.3 Å². The van der Waals surface area contributed by atoms with Crippen molar-refractivity contribution in [1.82, 2.24) is 35.1 Å². The van der Waals surface area contributed by atoms with Crippen LogP contribution in [0.3, 0.4) is 0 Å². The molecule has 4 rings (SSSR count). The van der Waals surface area contributed by atoms with Crippen molar-refractivity contribution in [3.63, 3.8) is 0 Å². The predicted octanol–water partition coefficient (Wildman–Crippen LogP) is 1.61. The molecular formula is C17H16ClN7O3S2. The van der Waals surface area contributed by atoms with Crippen LogP contribution in [-0.2, 0) is 13.1 Å². The molecule has 2 N–H and O–H groups in total. The molecule has 0 saturated carbocycles. The number of aliphatic hydroxyl groups excluding tert-OH is 1. The number of nitrogens with one attached hydrogen (secondary N) is 1. The van der Waals surface area contributed by atoms with Gasteiger partial charge in [-0.2, -0.15) is 4.80 Å². The highest BCUT2D eigenvalue weighted by molar-refractivity contribution is 7.20. The largest absolute Gasteiger partial charge is 0.386 e. The highest BCUT2D eigenvalue weighted by Gasteiger charge is 2.19. The lowest BCUT2D eigenvalue weighted by Crippen LogP contribution is -2.22. The Hall–Kier alpha value is -2.67. The van der Waals surface area contributed by atoms with Gasteiger partial charge in [-0.15, -0.1) is 32.9 Å². The van der Waals surface area contributed by atoms with E-state index in [4.69, 9.17) is 11.6 Å². The lowest BCUT2D eigenvalue weighted by Gasteiger charge is -2.06. The highest BCUT2D eigenvalue weighted by atomic mass is 35.5. The van der Waals surface area contributed by atoms with E-state index in [2.05, 4.69) is 25.7 Å². The van der Waals surface area contributed by atoms with Crippen LogP contribution >= 0.6 is 34.3 Å². The first-order chi connectivity index (χ1) is 14.4. The normalized spacial score (nSPS) is 12.4. The number of aromatic nitrogens is 6. The van der Waals surface area contributed by atoms with Crippen molar-refractivity contribution in [2.24, 2.45) is 0 Å². The van der Waals surface area contributed by atoms with Gasteiger partial charge < -0.3 is 10.4 Å². The zero-order valence-corrected chi connectivity index (χ0v) is 18.3. The number of aliphatic hydroxyl groups is 1. The number of tetrazole rings is 1. The Morgan fingerprint density at radius 2 is 2.17 bits per heavy atom. The molecule has 0 saturated heterocycles. The fourth-order valence-electron chi connectivity index (χ4n) is 2.92. The predicted molar refractivity (Wildman–Crippen MR) is 113 cm³/mol. The molecule has 0 aromatic carbocycles. The molecule has 4 aromatic rings. The van der Waals surface area contributed by atoms with Crippen LogP contribution in [0.5, 0.6) is 0 Å². The third kappa shape index (κ3) is 3.86. The topological polar surface area (TPSA) is 128 Å². The Bertz CT molecular complexity index is 1290. The molecule has 4 aromatic heterocycles. The molecule has 1 atom stereocenters. The molecule has 0 aliphatic heterocycles. The van der Waals surface area contributed by atoms with Crippen LogP contribution in [0.25, 0.3) is 10.2 Å². The second-order valence-electron chi connectivity index (χ2n) is 6.41. The van der Waals surface area contributed by atoms with Crippen LogP contribution in [-0.4, -0.2) is 47.8 Å². The van der Waals surface area contributed by atoms with Gasteiger partial charge in [0.2, 0.25) is 0 Å². The third-order valence-electron chi connectivity index (χ3n) is 4.42. The molecule has 30 heavy (non-hydrogen) atoms. The maximum Gasteiger partial charge on any atom is 0.262 e. The van der Waals surface area contributed by atoms with E-state index in [-0.39, 0.29) is 24.6 Å². The van der Waals surface area contributed by atoms with E-state index < -0.39 is 6.10 Å². The summed E-state index contributed by atoms with van der Waals surface area (Å²) in [7, 11) is 1.54. The average Bonchev–Trinajstić information content (AvgIpc) is 3.43. The number of nitrogens with zero attached hydrogens (tertiary/aromatic N) is 6. The number of hydrogen-bond donors (Lipinski definition) is 2. The van der Waals surface area contributed by atoms with Crippen LogP contribution in [0, 0.1) is 6.92 Å². The fourth-order valence-corrected chi connectivity index (χ4v) is 5.05. The molecule has 0 radical (unpaired) electrons. The van der Waals surface area contributed by atoms with Crippen molar-refractivity contribution in [2.45, 2.75) is 26.1 Å². The molecule has 10 nitrogen and oxygen atoms in total. The van der Waals surface area contributed by atoms with E-state index in [1.807, 2.05) is 0 Å². The molecular weight excluding hydrogens is 450 g/mol. The van der Waals surface area contributed by atoms with Crippen LogP contribution in [0.2, 0.25) is 4.34 Å². The summed E-state index contributed by atoms with van der Waals surface area (Å²) < 4.78 is 1.95. The zero-order chi connectivity index (χ0) is 21.4. The fraction of sp³-hybridized carbons (Fsp3) is 0.294. The van der Waals surface area contributed by atoms with Crippen LogP contribution < -0.4 is 10.9 Å². The summed E-state index contributed by atoms with van der Waals surface area (Å²) in [6.07, 6.45) is 0.583. The van der Waals surface area contributed by atoms with E-state index in [9.17, 15) is 14.7 Å². The smallest absolute Gasteiger partial charge is 0.262 e. The first-order valence-corrected chi connectivity index (χ1v) is 10.8. The third-order valence-corrected chi connectivity index (χ3v) is 6.95. The number of rotatable bonds is 6. The monoisotopic (exact) mass is 465 g/mol. The molecule has 0 aliphatic rings. The van der Waals surface area contributed by atoms with Crippen molar-refractivity contribution in [1.29, 1.82) is 0 Å². The average molecular weight is 466 g/mol. The number of thiophene rings is 2. The summed E-state index contributed by atoms with van der Waals surface area (Å²) in [6.45, 7) is 1.89. The van der Waals surface area contributed by atoms with Crippen molar-refractivity contribution in [3.05, 3.63) is 54.3 Å². The maximum absolute atomic E-state index is 12.9. The number of amides is 1. The van der Waals surface area contributed by atoms with Gasteiger partial charge in [-0.25, -0.2) is 4.98 Å². The minimum Gasteiger partial charge on any atom is -0.386 e. The molecule has 0 aliphatic carbocycles. The Labute approximate surface area is 182 Å². The Balaban J connectivity index is 1.56. The minimum absolute atomic E-state index is 0.0628. The quantitative estimate of drug-likeness (QED) is 0.442. The molecule has 156 valence electrons. The lowest BCUT2D eigenvalue weighted by atomic mass is 10.2. The van der Waals surface area contributed by atoms with Gasteiger partial charge >= 0.3 is 0 Å². The lowest BCUT2D eigenvalue weighted by molar-refractivity contribution is 0.0966. The van der Waals surface area contributed by atoms with Gasteiger partial charge in [0.05, 0.1) is 34.0 Å². The summed E-state index contributed by atoms with van der Waals surface area (Å²) in [5.74, 6) is 0.0470. The number of fused-ring (bicyclic) bond motifs is 1. The summed E-state index contributed by atoms with van der Waals surface area (Å²) in [5, 5.41) is 25.4. The Morgan fingerprint density at radius 3 is 2.87 bits per heavy atom. The van der Waals surface area contributed by atoms with Crippen molar-refractivity contribution in [3.8, 4) is 0 Å². The van der Waals surface area contributed by atoms with Gasteiger partial charge in [-0.3, -0.25) is 14.2 Å². The van der Waals surface area contributed by atoms with Gasteiger partial charge in [0.1, 0.15) is 10.9 Å². The number of aryl methyl sites for hydroxylation is 1. The summed E-state index contributed by atoms with van der Waals surface area (Å²) in [4.78, 5) is 32.1. The number of halogens is 1. The van der Waals surface area contributed by atoms with Gasteiger partial charge in [0.25, 0.3) is 11.5 Å². The van der Waals surface area contributed by atoms with E-state index in [1.165, 1.54) is 45.4 Å². The van der Waals surface area contributed by atoms with Crippen LogP contribution in [0.1, 0.15) is 32.0 Å². The second kappa shape index (κ2) is 8.22. The minimum atomic E-state index is -0.818. The first-order valence-electron chi connectivity index (χ1n) is 8.78. The molecule has 0 fully saturated rings. The van der Waals surface area contributed by atoms with Crippen molar-refractivity contribution in [2.75, 3.05) is 7.05 Å². The van der Waals surface area contributed by atoms with E-state index in [0.29, 0.717) is 35.7 Å². The van der Waals surface area contributed by atoms with Crippen LogP contribution in [0.4, 0.5) is 0 Å². The first kappa shape index (κ1) is 20.6. The Morgan fingerprint density at radius 1 is 1.37 bits per heavy atom. The van der Waals surface area contributed by atoms with Gasteiger partial charge in [0, 0.05) is 11.9 Å². The molecule has 0 unspecified atom stereocenters. The molecule has 1 amide bonds. The van der Waals surface area contributed by atoms with Crippen molar-refractivity contribution >= 4 is 50.4 Å². The number of carbonyl (C=O) groups is 1. The van der Waals surface area contributed by atoms with Crippen molar-refractivity contribution < 1.29 is 9.90 Å². The molecule has 0 spiro atoms. The SMILES string of the molecule is CNC(=O)c1sc2ncn(Cc3nnn(C[C@H](O)c4ccc(Cl)s4)n3)c(=O)c2c1C. The summed E-state index contributed by atoms with van der Waals surface area (Å²) in [6, 6.07) is 3.45. The summed E-state index contributed by atoms with van der Waals surface area (Å²) >= 11 is 8.35. The van der Waals surface area contributed by atoms with E-state index >= 15 is 0 Å². The number of carbonyl (C=O) groups excluding carboxylic acids is 1. The molecule has 0 bridgehead atoms. The standard InChI is InChI=1S/C17H16ClN7O3S2/c1-8-13-16(30-14(8)15(27)19-2)20-7-24(17(13)28)6-12-21-23-25(22-12)5-9(26)10-3-4-11(18)29-10/h3-4,7,9,26H,5-6H2,1-2H3,(H,19,27)/t9-/m0/s1. The molecule has 13 heteroatoms. The van der Waals surface area contributed by atoms with Gasteiger partial charge in [0.15, 0.2) is 5.82 Å². The van der Waals surface area contributed by atoms with E-state index in [1.54, 1.807) is 19.1 Å². The molecule has 4 heterocycles. The van der Waals surface area contributed by atoms with Gasteiger partial charge in [-0.1, -0.05) is 11.6 Å². The second-order valence-corrected chi connectivity index (χ2v) is 9.16. The van der Waals surface area contributed by atoms with E-state index in [0.717, 1.165) is 0 Å².